The first-order valence-corrected chi connectivity index (χ1v) is 45.6. The van der Waals surface area contributed by atoms with E-state index in [-0.39, 0.29) is 318 Å². The second kappa shape index (κ2) is 58.7. The summed E-state index contributed by atoms with van der Waals surface area (Å²) in [6.45, 7) is -1.41. The minimum Gasteiger partial charge on any atom is -0.726 e. The number of nitrogens with one attached hydrogen (secondary N) is 4. The molecule has 0 saturated carbocycles. The number of methoxy groups -OCH3 is 5. The molecular weight excluding hydrogens is 1950 g/mol. The Morgan fingerprint density at radius 2 is 0.945 bits per heavy atom. The monoisotopic (exact) mass is 2040 g/mol. The van der Waals surface area contributed by atoms with Gasteiger partial charge in [-0.05, 0) is 44.9 Å². The summed E-state index contributed by atoms with van der Waals surface area (Å²) in [5.41, 5.74) is -6.59. The second-order valence-electron chi connectivity index (χ2n) is 27.7. The van der Waals surface area contributed by atoms with Gasteiger partial charge in [-0.2, -0.15) is 11.8 Å². The van der Waals surface area contributed by atoms with Crippen LogP contribution in [-0.4, -0.2) is 365 Å². The van der Waals surface area contributed by atoms with Crippen molar-refractivity contribution in [2.24, 2.45) is 0 Å². The molecule has 9 saturated heterocycles. The van der Waals surface area contributed by atoms with Crippen molar-refractivity contribution in [3.8, 4) is 0 Å². The van der Waals surface area contributed by atoms with Crippen molar-refractivity contribution in [1.29, 1.82) is 0 Å². The van der Waals surface area contributed by atoms with E-state index in [9.17, 15) is 112 Å². The van der Waals surface area contributed by atoms with Gasteiger partial charge >= 0.3 is 242 Å². The van der Waals surface area contributed by atoms with Crippen molar-refractivity contribution >= 4 is 104 Å². The van der Waals surface area contributed by atoms with E-state index in [1.165, 1.54) is 0 Å². The molecule has 690 valence electrons. The van der Waals surface area contributed by atoms with E-state index in [0.29, 0.717) is 19.3 Å². The maximum absolute atomic E-state index is 14.3. The molecule has 0 aromatic carbocycles. The van der Waals surface area contributed by atoms with Crippen LogP contribution in [0.25, 0.3) is 0 Å². The number of urea groups is 1. The molecule has 4 N–H and O–H groups in total. The average Bonchev–Trinajstić information content (AvgIpc) is 1.31. The molecule has 9 fully saturated rings. The molecular formula is C60H92N4Na8O48S7. The molecule has 4 unspecified atom stereocenters. The molecule has 2 bridgehead atoms. The molecule has 127 heavy (non-hydrogen) atoms. The Morgan fingerprint density at radius 3 is 1.44 bits per heavy atom. The zero-order valence-corrected chi connectivity index (χ0v) is 94.1. The number of ether oxygens (including phenoxy) is 17. The van der Waals surface area contributed by atoms with E-state index in [1.54, 1.807) is 25.6 Å². The summed E-state index contributed by atoms with van der Waals surface area (Å²) in [4.78, 5) is 66.9. The summed E-state index contributed by atoms with van der Waals surface area (Å²) in [5.74, 6) is -4.97. The predicted molar refractivity (Wildman–Crippen MR) is 369 cm³/mol. The van der Waals surface area contributed by atoms with Crippen LogP contribution in [0, 0.1) is 0 Å². The van der Waals surface area contributed by atoms with Crippen LogP contribution < -0.4 is 268 Å². The molecule has 0 aromatic rings. The van der Waals surface area contributed by atoms with Crippen molar-refractivity contribution < 1.29 is 454 Å². The van der Waals surface area contributed by atoms with Crippen LogP contribution in [0.2, 0.25) is 0 Å². The summed E-state index contributed by atoms with van der Waals surface area (Å²) in [7, 11) is -32.0. The Bertz CT molecular complexity index is 4150. The SMILES string of the molecule is CCCO[C@@H]1[C@@H](NC(=O)CCCCCNC(=O)CCCCC2SCC3NC(=O)NC32)[C@H](O[C@H]2[C@H](OC)[C@@H](OC)[C@H](O[C@H]3[C@H](OS(=O)(=O)[O-])[C@@H](OS(=O)(=O)[O-])[C@@H](O[C@H]4[C@H](OC)[C@H]5OC[C@]4(C(=O)[O-])OC5O[C@H]4[C@H](OC)[C@@H](OS(=O)(=O)[O-])[C@@H](OC)O[C@@H]4COS(=O)(=O)[O-])O[C@@H]3COS(=O)(=O)[O-])O[C@]2(CC)C(=O)[O-])O[C@H](COS(=O)(=O)[O-])[C@H]1OCCC.[Na+].[Na+].[Na+].[Na+].[Na+].[Na+].[Na+].[Na+]. The van der Waals surface area contributed by atoms with E-state index >= 15 is 0 Å². The predicted octanol–water partition coefficient (Wildman–Crippen LogP) is -32.6. The number of carboxylic acid groups (broad SMARTS) is 2. The summed E-state index contributed by atoms with van der Waals surface area (Å²) in [5, 5.41) is 39.6. The number of carbonyl (C=O) groups excluding carboxylic acids is 5. The molecule has 0 spiro atoms. The van der Waals surface area contributed by atoms with Gasteiger partial charge in [0.1, 0.15) is 103 Å². The molecule has 9 rings (SSSR count). The minimum absolute atomic E-state index is 0. The van der Waals surface area contributed by atoms with Crippen molar-refractivity contribution in [3.63, 3.8) is 0 Å². The molecule has 28 atom stereocenters. The van der Waals surface area contributed by atoms with Crippen molar-refractivity contribution in [3.05, 3.63) is 0 Å². The second-order valence-corrected chi connectivity index (χ2v) is 35.2. The Labute approximate surface area is 915 Å². The molecule has 0 aromatic heterocycles. The van der Waals surface area contributed by atoms with Crippen LogP contribution in [0.4, 0.5) is 4.79 Å². The standard InChI is InChI=1S/C60H100N4O48S7.8Na/c1-9-21-95-37-29(23-98-114(72,73)74)101-51(36(40(37)96-22-10-2)63-34(66)19-13-12-16-20-61-33(65)18-15-14-17-32-35-28(26-113-32)62-58(71)64-35)106-49-43(91-5)45(93-7)54(108-59(49,11-3)56(67)68)105-39-31(25-100-116(78,79)80)103-53(48(112-119(87,88)89)42(39)110-117(81,82)83)107-50-44(92-6)46-55(109-60(50,27-97-46)57(69)70)104-38-30(24-99-115(75,76)77)102-52(94-8)47(41(38)90-4)111-118(84,85)86;;;;;;;;/h28-32,35-55H,9-27H2,1-8H3,(H,61,65)(H,63,66)(H,67,68)(H,69,70)(H2,62,64,71)(H,72,73,74)(H,75,76,77)(H,78,79,80)(H,81,82,83)(H,84,85,86)(H,87,88,89);;;;;;;;/q;8*+1/p-8/t28?,29-,30-,31-,32?,35?,36-,37-,38-,39-,40-,41+,42+,43-,44-,45-,46-,47-,48-,49+,50+,51+,52+,53-,54-,55?,59+,60+;;;;;;;;/m1......../s1. The van der Waals surface area contributed by atoms with Gasteiger partial charge in [0, 0.05) is 79.2 Å². The van der Waals surface area contributed by atoms with Crippen LogP contribution in [0.15, 0.2) is 0 Å². The van der Waals surface area contributed by atoms with Crippen molar-refractivity contribution in [2.45, 2.75) is 261 Å². The van der Waals surface area contributed by atoms with Gasteiger partial charge in [-0.3, -0.25) is 34.7 Å². The van der Waals surface area contributed by atoms with Crippen LogP contribution in [0.1, 0.15) is 91.4 Å². The quantitative estimate of drug-likeness (QED) is 0.0144. The van der Waals surface area contributed by atoms with Crippen LogP contribution in [0.5, 0.6) is 0 Å². The molecule has 9 aliphatic heterocycles. The first-order valence-electron chi connectivity index (χ1n) is 36.5. The zero-order valence-electron chi connectivity index (χ0n) is 72.4. The summed E-state index contributed by atoms with van der Waals surface area (Å²) >= 11 is 1.75. The molecule has 52 nitrogen and oxygen atoms in total. The zero-order chi connectivity index (χ0) is 88.1. The molecule has 0 radical (unpaired) electrons. The van der Waals surface area contributed by atoms with Crippen LogP contribution >= 0.6 is 11.8 Å². The maximum Gasteiger partial charge on any atom is 1.00 e. The minimum atomic E-state index is -6.54. The number of aliphatic carboxylic acids is 2. The van der Waals surface area contributed by atoms with Crippen LogP contribution in [0.3, 0.4) is 0 Å². The van der Waals surface area contributed by atoms with Gasteiger partial charge in [-0.15, -0.1) is 0 Å². The van der Waals surface area contributed by atoms with Crippen molar-refractivity contribution in [1.82, 2.24) is 21.3 Å². The topological polar surface area (TPSA) is 735 Å². The van der Waals surface area contributed by atoms with Gasteiger partial charge in [0.25, 0.3) is 0 Å². The fraction of sp³-hybridized carbons (Fsp3) is 0.917. The number of carboxylic acids is 2. The number of carbonyl (C=O) groups is 5. The van der Waals surface area contributed by atoms with E-state index in [0.717, 1.165) is 61.1 Å². The summed E-state index contributed by atoms with van der Waals surface area (Å²) in [6.07, 6.45) is -49.0. The number of hydrogen-bond acceptors (Lipinski definition) is 49. The van der Waals surface area contributed by atoms with E-state index in [4.69, 9.17) is 88.9 Å². The number of fused-ring (bicyclic) bond motifs is 4. The van der Waals surface area contributed by atoms with E-state index in [2.05, 4.69) is 38.0 Å². The van der Waals surface area contributed by atoms with Gasteiger partial charge in [-0.25, -0.2) is 55.3 Å². The van der Waals surface area contributed by atoms with Gasteiger partial charge in [0.05, 0.1) is 50.4 Å². The van der Waals surface area contributed by atoms with E-state index in [1.807, 2.05) is 0 Å². The van der Waals surface area contributed by atoms with Gasteiger partial charge in [0.2, 0.25) is 74.2 Å². The number of amides is 4. The summed E-state index contributed by atoms with van der Waals surface area (Å²) < 4.78 is 350. The first kappa shape index (κ1) is 131. The molecule has 0 aliphatic carbocycles. The normalized spacial score (nSPS) is 34.2. The fourth-order valence-corrected chi connectivity index (χ4v) is 18.8. The largest absolute Gasteiger partial charge is 1.00 e. The number of unbranched alkanes of at least 4 members (excludes halogenated alkanes) is 3. The number of rotatable bonds is 49. The Morgan fingerprint density at radius 1 is 0.472 bits per heavy atom. The summed E-state index contributed by atoms with van der Waals surface area (Å²) in [6, 6.07) is -1.84. The fourth-order valence-electron chi connectivity index (χ4n) is 14.9. The third-order valence-corrected chi connectivity index (χ3v) is 24.2. The number of thioether (sulfide) groups is 1. The molecule has 9 aliphatic rings. The van der Waals surface area contributed by atoms with Gasteiger partial charge in [0.15, 0.2) is 49.3 Å². The van der Waals surface area contributed by atoms with Gasteiger partial charge in [-0.1, -0.05) is 33.6 Å². The van der Waals surface area contributed by atoms with Gasteiger partial charge < -0.3 is 149 Å². The average molecular weight is 2050 g/mol. The molecule has 4 amide bonds. The Hall–Kier alpha value is 4.04. The third-order valence-electron chi connectivity index (χ3n) is 20.0. The smallest absolute Gasteiger partial charge is 0.726 e. The molecule has 67 heteroatoms. The number of hydrogen-bond donors (Lipinski definition) is 4. The van der Waals surface area contributed by atoms with E-state index < -0.39 is 266 Å². The maximum atomic E-state index is 14.3. The third kappa shape index (κ3) is 37.3. The van der Waals surface area contributed by atoms with Crippen LogP contribution in [-0.2, 0) is 187 Å². The Kier molecular flexibility index (Phi) is 60.6. The first-order chi connectivity index (χ1) is 55.7. The Balaban J connectivity index is 0.0000198. The molecule has 9 heterocycles. The van der Waals surface area contributed by atoms with Crippen molar-refractivity contribution in [2.75, 3.05) is 87.5 Å².